The number of amides is 3. The smallest absolute Gasteiger partial charge is 0.416 e. The van der Waals surface area contributed by atoms with Crippen LogP contribution in [0.4, 0.5) is 29.3 Å². The first kappa shape index (κ1) is 39.6. The molecular weight excluding hydrogens is 693 g/mol. The minimum absolute atomic E-state index is 0.0200. The van der Waals surface area contributed by atoms with Crippen molar-refractivity contribution in [2.45, 2.75) is 69.5 Å². The molecule has 17 heteroatoms. The number of nitrogens with zero attached hydrogens (tertiary/aromatic N) is 4. The molecule has 0 unspecified atom stereocenters. The molecule has 0 aliphatic carbocycles. The number of carbonyl (C=O) groups is 2. The van der Waals surface area contributed by atoms with Gasteiger partial charge in [-0.3, -0.25) is 4.79 Å². The van der Waals surface area contributed by atoms with E-state index < -0.39 is 51.8 Å². The van der Waals surface area contributed by atoms with Crippen LogP contribution in [0.1, 0.15) is 56.0 Å². The number of ether oxygens (including phenoxy) is 2. The van der Waals surface area contributed by atoms with Crippen molar-refractivity contribution in [3.8, 4) is 5.75 Å². The summed E-state index contributed by atoms with van der Waals surface area (Å²) in [5.74, 6) is -0.663. The molecule has 0 fully saturated rings. The summed E-state index contributed by atoms with van der Waals surface area (Å²) in [7, 11) is -0.820. The van der Waals surface area contributed by atoms with Crippen molar-refractivity contribution in [3.05, 3.63) is 66.1 Å². The highest BCUT2D eigenvalue weighted by Crippen LogP contribution is 2.31. The van der Waals surface area contributed by atoms with Gasteiger partial charge >= 0.3 is 12.2 Å². The average Bonchev–Trinajstić information content (AvgIpc) is 3.52. The number of benzene rings is 2. The highest BCUT2D eigenvalue weighted by atomic mass is 32.2. The average molecular weight is 739 g/mol. The maximum Gasteiger partial charge on any atom is 0.416 e. The molecule has 0 bridgehead atoms. The van der Waals surface area contributed by atoms with E-state index in [1.807, 2.05) is 13.8 Å². The molecule has 3 N–H and O–H groups in total. The molecule has 280 valence electrons. The molecule has 0 spiro atoms. The maximum atomic E-state index is 14.3. The summed E-state index contributed by atoms with van der Waals surface area (Å²) in [4.78, 5) is 32.6. The zero-order chi connectivity index (χ0) is 37.5. The molecule has 1 aliphatic heterocycles. The van der Waals surface area contributed by atoms with E-state index in [1.54, 1.807) is 26.1 Å². The van der Waals surface area contributed by atoms with Gasteiger partial charge in [-0.1, -0.05) is 6.92 Å². The summed E-state index contributed by atoms with van der Waals surface area (Å²) in [6, 6.07) is 7.06. The lowest BCUT2D eigenvalue weighted by Gasteiger charge is -2.35. The van der Waals surface area contributed by atoms with Gasteiger partial charge in [-0.25, -0.2) is 18.2 Å². The Morgan fingerprint density at radius 2 is 1.78 bits per heavy atom. The quantitative estimate of drug-likeness (QED) is 0.285. The predicted molar refractivity (Wildman–Crippen MR) is 184 cm³/mol. The first-order chi connectivity index (χ1) is 24.0. The topological polar surface area (TPSA) is 155 Å². The molecule has 3 amide bonds. The van der Waals surface area contributed by atoms with E-state index in [9.17, 15) is 36.3 Å². The highest BCUT2D eigenvalue weighted by molar-refractivity contribution is 7.89. The van der Waals surface area contributed by atoms with Crippen LogP contribution in [0, 0.1) is 5.92 Å². The third-order valence-electron chi connectivity index (χ3n) is 8.57. The fourth-order valence-electron chi connectivity index (χ4n) is 5.53. The molecule has 1 aromatic heterocycles. The van der Waals surface area contributed by atoms with Crippen molar-refractivity contribution >= 4 is 33.3 Å². The van der Waals surface area contributed by atoms with E-state index in [1.165, 1.54) is 39.4 Å². The van der Waals surface area contributed by atoms with E-state index >= 15 is 0 Å². The van der Waals surface area contributed by atoms with Crippen molar-refractivity contribution in [2.75, 3.05) is 44.0 Å². The van der Waals surface area contributed by atoms with Crippen LogP contribution in [-0.4, -0.2) is 95.8 Å². The largest absolute Gasteiger partial charge is 0.490 e. The number of anilines is 2. The Kier molecular flexibility index (Phi) is 13.1. The van der Waals surface area contributed by atoms with Gasteiger partial charge < -0.3 is 34.7 Å². The fraction of sp³-hybridized carbons (Fsp3) is 0.500. The lowest BCUT2D eigenvalue weighted by molar-refractivity contribution is -0.137. The number of likely N-dealkylation sites (N-methyl/N-ethyl adjacent to an activating group) is 1. The summed E-state index contributed by atoms with van der Waals surface area (Å²) < 4.78 is 80.6. The number of rotatable bonds is 8. The lowest BCUT2D eigenvalue weighted by atomic mass is 10.0. The van der Waals surface area contributed by atoms with E-state index in [4.69, 9.17) is 9.47 Å². The molecule has 2 heterocycles. The fourth-order valence-corrected chi connectivity index (χ4v) is 6.67. The van der Waals surface area contributed by atoms with E-state index in [0.29, 0.717) is 19.4 Å². The first-order valence-electron chi connectivity index (χ1n) is 16.5. The Morgan fingerprint density at radius 1 is 1.12 bits per heavy atom. The van der Waals surface area contributed by atoms with Gasteiger partial charge in [-0.2, -0.15) is 17.5 Å². The number of fused-ring (bicyclic) bond motifs is 1. The first-order valence-corrected chi connectivity index (χ1v) is 18.0. The van der Waals surface area contributed by atoms with E-state index in [-0.39, 0.29) is 53.5 Å². The second-order valence-corrected chi connectivity index (χ2v) is 14.8. The van der Waals surface area contributed by atoms with Gasteiger partial charge in [0.1, 0.15) is 5.75 Å². The molecule has 13 nitrogen and oxygen atoms in total. The molecule has 51 heavy (non-hydrogen) atoms. The molecule has 0 saturated carbocycles. The number of aryl methyl sites for hydroxylation is 1. The van der Waals surface area contributed by atoms with Gasteiger partial charge in [-0.15, -0.1) is 0 Å². The van der Waals surface area contributed by atoms with Crippen LogP contribution in [0.3, 0.4) is 0 Å². The number of carbonyl (C=O) groups excluding carboxylic acids is 2. The zero-order valence-corrected chi connectivity index (χ0v) is 30.0. The van der Waals surface area contributed by atoms with Crippen LogP contribution >= 0.6 is 0 Å². The lowest BCUT2D eigenvalue weighted by Crippen LogP contribution is -2.48. The molecule has 4 rings (SSSR count). The number of aromatic nitrogens is 2. The Balaban J connectivity index is 1.60. The SMILES string of the molecule is C[C@H]1CCCCO[C@H](CN(C)S(=O)(=O)c2cn(C)cn2)[C@@H](C)CN([C@@H](C)CO)C(=O)c2cc(NC(=O)Nc3ccc(C(F)(F)F)cc3)ccc2O1. The molecule has 2 aromatic carbocycles. The van der Waals surface area contributed by atoms with Crippen LogP contribution in [0.2, 0.25) is 0 Å². The number of halogens is 3. The number of aliphatic hydroxyl groups excluding tert-OH is 1. The number of hydrogen-bond donors (Lipinski definition) is 3. The summed E-state index contributed by atoms with van der Waals surface area (Å²) in [5.41, 5.74) is -0.427. The second-order valence-electron chi connectivity index (χ2n) is 12.8. The molecular formula is C34H45F3N6O7S. The van der Waals surface area contributed by atoms with Gasteiger partial charge in [0.05, 0.1) is 42.3 Å². The van der Waals surface area contributed by atoms with Crippen molar-refractivity contribution in [1.82, 2.24) is 18.8 Å². The van der Waals surface area contributed by atoms with E-state index in [0.717, 1.165) is 30.7 Å². The molecule has 3 aromatic rings. The molecule has 0 saturated heterocycles. The third kappa shape index (κ3) is 10.4. The number of nitrogens with one attached hydrogen (secondary N) is 2. The number of urea groups is 1. The minimum Gasteiger partial charge on any atom is -0.490 e. The highest BCUT2D eigenvalue weighted by Gasteiger charge is 2.33. The number of hydrogen-bond acceptors (Lipinski definition) is 8. The van der Waals surface area contributed by atoms with E-state index in [2.05, 4.69) is 15.6 Å². The summed E-state index contributed by atoms with van der Waals surface area (Å²) >= 11 is 0. The third-order valence-corrected chi connectivity index (χ3v) is 10.3. The number of sulfonamides is 1. The number of imidazole rings is 1. The number of aliphatic hydroxyl groups is 1. The predicted octanol–water partition coefficient (Wildman–Crippen LogP) is 5.20. The monoisotopic (exact) mass is 738 g/mol. The van der Waals surface area contributed by atoms with Crippen molar-refractivity contribution in [1.29, 1.82) is 0 Å². The van der Waals surface area contributed by atoms with Crippen LogP contribution in [0.5, 0.6) is 5.75 Å². The summed E-state index contributed by atoms with van der Waals surface area (Å²) in [6.45, 7) is 5.40. The standard InChI is InChI=1S/C34H45F3N6O7S/c1-22-17-43(23(2)20-44)32(45)28-16-27(40-33(46)39-26-11-9-25(10-12-26)34(35,36)37)13-14-29(28)50-24(3)8-6-7-15-49-30(22)18-42(5)51(47,48)31-19-41(4)21-38-31/h9-14,16,19,21-24,30,44H,6-8,15,17-18,20H2,1-5H3,(H2,39,40,46)/t22-,23-,24-,30+/m0/s1. The number of alkyl halides is 3. The van der Waals surface area contributed by atoms with Crippen molar-refractivity contribution in [2.24, 2.45) is 13.0 Å². The molecule has 1 aliphatic rings. The Hall–Kier alpha value is -4.19. The van der Waals surface area contributed by atoms with Gasteiger partial charge in [0, 0.05) is 57.3 Å². The summed E-state index contributed by atoms with van der Waals surface area (Å²) in [5, 5.41) is 15.2. The van der Waals surface area contributed by atoms with Crippen LogP contribution in [0.15, 0.2) is 60.0 Å². The zero-order valence-electron chi connectivity index (χ0n) is 29.2. The molecule has 0 radical (unpaired) electrons. The van der Waals surface area contributed by atoms with Gasteiger partial charge in [0.25, 0.3) is 15.9 Å². The van der Waals surface area contributed by atoms with Crippen LogP contribution < -0.4 is 15.4 Å². The van der Waals surface area contributed by atoms with Crippen molar-refractivity contribution in [3.63, 3.8) is 0 Å². The summed E-state index contributed by atoms with van der Waals surface area (Å²) in [6.07, 6.45) is -0.630. The van der Waals surface area contributed by atoms with Crippen LogP contribution in [0.25, 0.3) is 0 Å². The van der Waals surface area contributed by atoms with Gasteiger partial charge in [-0.05, 0) is 75.6 Å². The maximum absolute atomic E-state index is 14.3. The van der Waals surface area contributed by atoms with Crippen molar-refractivity contribution < 1.29 is 45.8 Å². The Morgan fingerprint density at radius 3 is 2.41 bits per heavy atom. The molecule has 4 atom stereocenters. The van der Waals surface area contributed by atoms with Gasteiger partial charge in [0.15, 0.2) is 5.03 Å². The van der Waals surface area contributed by atoms with Crippen LogP contribution in [-0.2, 0) is 28.0 Å². The Labute approximate surface area is 295 Å². The second kappa shape index (κ2) is 16.9. The Bertz CT molecular complexity index is 1750. The van der Waals surface area contributed by atoms with Gasteiger partial charge in [0.2, 0.25) is 0 Å². The normalized spacial score (nSPS) is 20.2. The minimum atomic E-state index is -4.52.